The number of hydrogen-bond acceptors (Lipinski definition) is 5. The second-order valence-corrected chi connectivity index (χ2v) is 11.6. The summed E-state index contributed by atoms with van der Waals surface area (Å²) in [5, 5.41) is 11.3. The molecule has 1 fully saturated rings. The molecule has 29 heavy (non-hydrogen) atoms. The Morgan fingerprint density at radius 3 is 2.17 bits per heavy atom. The molecule has 1 aliphatic carbocycles. The molecule has 0 aromatic heterocycles. The molecule has 0 heterocycles. The summed E-state index contributed by atoms with van der Waals surface area (Å²) in [6.45, 7) is 12.0. The van der Waals surface area contributed by atoms with Crippen LogP contribution < -0.4 is 4.72 Å². The van der Waals surface area contributed by atoms with Crippen molar-refractivity contribution in [1.82, 2.24) is 4.72 Å². The standard InChI is InChI=1S/C20H29FN2O5S/c1-17(2,3)28-16(24)20(10-11-20)19(7,22-29(27)18(4,5)6)14-12-13(23(25)26)8-9-15(14)21/h8-9,12,22H,10-11H2,1-7H3/t19-,29-/m1/s1. The number of carbonyl (C=O) groups is 1. The van der Waals surface area contributed by atoms with E-state index in [4.69, 9.17) is 4.74 Å². The lowest BCUT2D eigenvalue weighted by molar-refractivity contribution is -0.385. The minimum Gasteiger partial charge on any atom is -0.459 e. The molecule has 0 amide bonds. The van der Waals surface area contributed by atoms with E-state index in [0.29, 0.717) is 12.8 Å². The molecule has 2 rings (SSSR count). The van der Waals surface area contributed by atoms with Crippen LogP contribution in [0.4, 0.5) is 10.1 Å². The maximum atomic E-state index is 14.9. The zero-order valence-electron chi connectivity index (χ0n) is 17.9. The number of rotatable bonds is 6. The molecule has 0 bridgehead atoms. The molecule has 2 atom stereocenters. The van der Waals surface area contributed by atoms with E-state index in [1.165, 1.54) is 0 Å². The average molecular weight is 429 g/mol. The number of nitro benzene ring substituents is 1. The first-order valence-electron chi connectivity index (χ1n) is 9.41. The Kier molecular flexibility index (Phi) is 6.00. The highest BCUT2D eigenvalue weighted by Gasteiger charge is 2.66. The van der Waals surface area contributed by atoms with Crippen LogP contribution in [-0.4, -0.2) is 25.4 Å². The Bertz CT molecular complexity index is 855. The summed E-state index contributed by atoms with van der Waals surface area (Å²) in [4.78, 5) is 23.7. The Balaban J connectivity index is 2.65. The van der Waals surface area contributed by atoms with Gasteiger partial charge in [0.2, 0.25) is 0 Å². The van der Waals surface area contributed by atoms with Gasteiger partial charge in [0.15, 0.2) is 0 Å². The van der Waals surface area contributed by atoms with E-state index in [2.05, 4.69) is 4.72 Å². The van der Waals surface area contributed by atoms with Gasteiger partial charge in [-0.3, -0.25) is 14.9 Å². The van der Waals surface area contributed by atoms with Crippen LogP contribution in [-0.2, 0) is 26.1 Å². The molecule has 0 aliphatic heterocycles. The van der Waals surface area contributed by atoms with Crippen LogP contribution in [0.15, 0.2) is 18.2 Å². The van der Waals surface area contributed by atoms with E-state index in [1.54, 1.807) is 48.5 Å². The van der Waals surface area contributed by atoms with Gasteiger partial charge in [0.1, 0.15) is 11.4 Å². The lowest BCUT2D eigenvalue weighted by Crippen LogP contribution is -2.55. The van der Waals surface area contributed by atoms with Crippen LogP contribution >= 0.6 is 0 Å². The Morgan fingerprint density at radius 2 is 1.76 bits per heavy atom. The van der Waals surface area contributed by atoms with E-state index >= 15 is 0 Å². The maximum absolute atomic E-state index is 14.9. The van der Waals surface area contributed by atoms with Gasteiger partial charge < -0.3 is 4.74 Å². The molecule has 9 heteroatoms. The number of hydrogen-bond donors (Lipinski definition) is 1. The minimum atomic E-state index is -1.67. The SMILES string of the molecule is CC(C)(C)OC(=O)C1([C@](C)(N[S@](=O)C(C)(C)C)c2cc([N+](=O)[O-])ccc2F)CC1. The van der Waals surface area contributed by atoms with Crippen LogP contribution in [0.2, 0.25) is 0 Å². The van der Waals surface area contributed by atoms with Crippen LogP contribution in [0.1, 0.15) is 66.9 Å². The summed E-state index contributed by atoms with van der Waals surface area (Å²) in [5.41, 5.74) is -3.80. The van der Waals surface area contributed by atoms with Crippen molar-refractivity contribution in [2.24, 2.45) is 5.41 Å². The van der Waals surface area contributed by atoms with Gasteiger partial charge in [-0.05, 0) is 67.4 Å². The highest BCUT2D eigenvalue weighted by atomic mass is 32.2. The molecule has 0 unspecified atom stereocenters. The summed E-state index contributed by atoms with van der Waals surface area (Å²) < 4.78 is 35.7. The van der Waals surface area contributed by atoms with Crippen molar-refractivity contribution in [3.05, 3.63) is 39.7 Å². The van der Waals surface area contributed by atoms with E-state index < -0.39 is 49.0 Å². The van der Waals surface area contributed by atoms with Gasteiger partial charge in [-0.1, -0.05) is 0 Å². The first kappa shape index (κ1) is 23.4. The summed E-state index contributed by atoms with van der Waals surface area (Å²) >= 11 is 0. The number of nitrogens with zero attached hydrogens (tertiary/aromatic N) is 1. The fourth-order valence-electron chi connectivity index (χ4n) is 3.17. The first-order valence-corrected chi connectivity index (χ1v) is 10.6. The Hall–Kier alpha value is -1.87. The number of ether oxygens (including phenoxy) is 1. The van der Waals surface area contributed by atoms with Crippen molar-refractivity contribution in [1.29, 1.82) is 0 Å². The number of halogens is 1. The molecule has 0 saturated heterocycles. The van der Waals surface area contributed by atoms with Crippen molar-refractivity contribution >= 4 is 22.6 Å². The molecule has 7 nitrogen and oxygen atoms in total. The van der Waals surface area contributed by atoms with Crippen LogP contribution in [0.25, 0.3) is 0 Å². The third kappa shape index (κ3) is 4.66. The van der Waals surface area contributed by atoms with Crippen molar-refractivity contribution < 1.29 is 23.1 Å². The van der Waals surface area contributed by atoms with E-state index in [0.717, 1.165) is 18.2 Å². The highest BCUT2D eigenvalue weighted by molar-refractivity contribution is 7.84. The van der Waals surface area contributed by atoms with E-state index in [1.807, 2.05) is 0 Å². The average Bonchev–Trinajstić information content (AvgIpc) is 3.34. The van der Waals surface area contributed by atoms with Crippen molar-refractivity contribution in [3.8, 4) is 0 Å². The van der Waals surface area contributed by atoms with Gasteiger partial charge in [-0.25, -0.2) is 13.3 Å². The van der Waals surface area contributed by atoms with E-state index in [9.17, 15) is 23.5 Å². The lowest BCUT2D eigenvalue weighted by Gasteiger charge is -2.40. The molecule has 1 aliphatic rings. The number of carbonyl (C=O) groups excluding carboxylic acids is 1. The molecule has 0 radical (unpaired) electrons. The third-order valence-electron chi connectivity index (χ3n) is 5.05. The van der Waals surface area contributed by atoms with Crippen molar-refractivity contribution in [2.75, 3.05) is 0 Å². The van der Waals surface area contributed by atoms with Gasteiger partial charge >= 0.3 is 5.97 Å². The molecule has 1 aromatic rings. The summed E-state index contributed by atoms with van der Waals surface area (Å²) in [5.74, 6) is -1.26. The molecule has 0 spiro atoms. The molecule has 1 saturated carbocycles. The summed E-state index contributed by atoms with van der Waals surface area (Å²) in [7, 11) is -1.67. The zero-order valence-corrected chi connectivity index (χ0v) is 18.7. The van der Waals surface area contributed by atoms with Crippen molar-refractivity contribution in [3.63, 3.8) is 0 Å². The van der Waals surface area contributed by atoms with Gasteiger partial charge in [0.05, 0.1) is 31.6 Å². The number of esters is 1. The first-order chi connectivity index (χ1) is 13.0. The Morgan fingerprint density at radius 1 is 1.21 bits per heavy atom. The Labute approximate surface area is 173 Å². The second-order valence-electron chi connectivity index (χ2n) is 9.61. The van der Waals surface area contributed by atoms with Crippen LogP contribution in [0, 0.1) is 21.3 Å². The second kappa shape index (κ2) is 7.43. The van der Waals surface area contributed by atoms with Gasteiger partial charge in [0.25, 0.3) is 5.69 Å². The quantitative estimate of drug-likeness (QED) is 0.417. The molecule has 1 N–H and O–H groups in total. The van der Waals surface area contributed by atoms with Gasteiger partial charge in [0, 0.05) is 17.7 Å². The lowest BCUT2D eigenvalue weighted by atomic mass is 9.77. The predicted molar refractivity (Wildman–Crippen MR) is 109 cm³/mol. The third-order valence-corrected chi connectivity index (χ3v) is 6.76. The van der Waals surface area contributed by atoms with Crippen LogP contribution in [0.5, 0.6) is 0 Å². The number of nitrogens with one attached hydrogen (secondary N) is 1. The van der Waals surface area contributed by atoms with E-state index in [-0.39, 0.29) is 11.3 Å². The molecular weight excluding hydrogens is 399 g/mol. The van der Waals surface area contributed by atoms with Crippen LogP contribution in [0.3, 0.4) is 0 Å². The highest BCUT2D eigenvalue weighted by Crippen LogP contribution is 2.60. The molecule has 1 aromatic carbocycles. The maximum Gasteiger partial charge on any atom is 0.314 e. The predicted octanol–water partition coefficient (Wildman–Crippen LogP) is 4.12. The largest absolute Gasteiger partial charge is 0.459 e. The van der Waals surface area contributed by atoms with Crippen molar-refractivity contribution in [2.45, 2.75) is 77.2 Å². The molecular formula is C20H29FN2O5S. The smallest absolute Gasteiger partial charge is 0.314 e. The number of benzene rings is 1. The van der Waals surface area contributed by atoms with Gasteiger partial charge in [-0.15, -0.1) is 0 Å². The number of nitro groups is 1. The number of non-ortho nitro benzene ring substituents is 1. The molecule has 162 valence electrons. The monoisotopic (exact) mass is 428 g/mol. The fraction of sp³-hybridized carbons (Fsp3) is 0.650. The summed E-state index contributed by atoms with van der Waals surface area (Å²) in [6.07, 6.45) is 0.768. The fourth-order valence-corrected chi connectivity index (χ4v) is 4.15. The normalized spacial score (nSPS) is 19.2. The topological polar surface area (TPSA) is 98.5 Å². The summed E-state index contributed by atoms with van der Waals surface area (Å²) in [6, 6.07) is 3.16. The van der Waals surface area contributed by atoms with Gasteiger partial charge in [-0.2, -0.15) is 0 Å². The zero-order chi connectivity index (χ0) is 22.4. The minimum absolute atomic E-state index is 0.0762.